The second kappa shape index (κ2) is 4.00. The van der Waals surface area contributed by atoms with Crippen LogP contribution in [0.2, 0.25) is 0 Å². The van der Waals surface area contributed by atoms with Gasteiger partial charge in [0.1, 0.15) is 11.6 Å². The SMILES string of the molecule is C/C(=C\C(=O)O)c1c(F)cccc1F. The zero-order chi connectivity index (χ0) is 10.7. The van der Waals surface area contributed by atoms with Gasteiger partial charge in [-0.25, -0.2) is 13.6 Å². The molecule has 1 N–H and O–H groups in total. The highest BCUT2D eigenvalue weighted by atomic mass is 19.1. The highest BCUT2D eigenvalue weighted by Crippen LogP contribution is 2.20. The van der Waals surface area contributed by atoms with Gasteiger partial charge in [0.25, 0.3) is 0 Å². The number of allylic oxidation sites excluding steroid dienone is 1. The van der Waals surface area contributed by atoms with Crippen LogP contribution in [0.5, 0.6) is 0 Å². The van der Waals surface area contributed by atoms with Gasteiger partial charge in [0, 0.05) is 11.6 Å². The molecule has 2 nitrogen and oxygen atoms in total. The second-order valence-corrected chi connectivity index (χ2v) is 2.76. The molecule has 0 unspecified atom stereocenters. The van der Waals surface area contributed by atoms with Gasteiger partial charge in [-0.2, -0.15) is 0 Å². The molecule has 14 heavy (non-hydrogen) atoms. The minimum absolute atomic E-state index is 0.0492. The molecule has 1 aromatic carbocycles. The van der Waals surface area contributed by atoms with Crippen molar-refractivity contribution in [1.29, 1.82) is 0 Å². The van der Waals surface area contributed by atoms with Crippen molar-refractivity contribution in [2.45, 2.75) is 6.92 Å². The maximum atomic E-state index is 13.1. The lowest BCUT2D eigenvalue weighted by Crippen LogP contribution is -1.95. The Balaban J connectivity index is 3.25. The van der Waals surface area contributed by atoms with Gasteiger partial charge in [0.15, 0.2) is 0 Å². The van der Waals surface area contributed by atoms with Crippen molar-refractivity contribution in [3.8, 4) is 0 Å². The molecule has 0 aromatic heterocycles. The van der Waals surface area contributed by atoms with E-state index in [-0.39, 0.29) is 11.1 Å². The van der Waals surface area contributed by atoms with Crippen molar-refractivity contribution >= 4 is 11.5 Å². The molecule has 0 amide bonds. The second-order valence-electron chi connectivity index (χ2n) is 2.76. The van der Waals surface area contributed by atoms with Crippen molar-refractivity contribution in [3.63, 3.8) is 0 Å². The molecule has 1 rings (SSSR count). The number of aliphatic carboxylic acids is 1. The van der Waals surface area contributed by atoms with Crippen molar-refractivity contribution in [3.05, 3.63) is 41.5 Å². The Morgan fingerprint density at radius 3 is 2.29 bits per heavy atom. The average Bonchev–Trinajstić information content (AvgIpc) is 2.01. The van der Waals surface area contributed by atoms with Crippen molar-refractivity contribution in [1.82, 2.24) is 0 Å². The summed E-state index contributed by atoms with van der Waals surface area (Å²) >= 11 is 0. The Labute approximate surface area is 79.5 Å². The zero-order valence-electron chi connectivity index (χ0n) is 7.42. The van der Waals surface area contributed by atoms with Crippen molar-refractivity contribution in [2.24, 2.45) is 0 Å². The summed E-state index contributed by atoms with van der Waals surface area (Å²) in [7, 11) is 0. The standard InChI is InChI=1S/C10H8F2O2/c1-6(5-9(13)14)10-7(11)3-2-4-8(10)12/h2-5H,1H3,(H,13,14)/b6-5+. The van der Waals surface area contributed by atoms with Gasteiger partial charge in [-0.1, -0.05) is 6.07 Å². The number of benzene rings is 1. The zero-order valence-corrected chi connectivity index (χ0v) is 7.42. The largest absolute Gasteiger partial charge is 0.478 e. The molecular weight excluding hydrogens is 190 g/mol. The molecule has 0 spiro atoms. The summed E-state index contributed by atoms with van der Waals surface area (Å²) in [6, 6.07) is 3.39. The molecular formula is C10H8F2O2. The molecule has 0 saturated heterocycles. The number of halogens is 2. The quantitative estimate of drug-likeness (QED) is 0.741. The van der Waals surface area contributed by atoms with E-state index in [4.69, 9.17) is 5.11 Å². The monoisotopic (exact) mass is 198 g/mol. The van der Waals surface area contributed by atoms with Gasteiger partial charge in [0.2, 0.25) is 0 Å². The predicted octanol–water partition coefficient (Wildman–Crippen LogP) is 2.45. The normalized spacial score (nSPS) is 11.5. The predicted molar refractivity (Wildman–Crippen MR) is 47.6 cm³/mol. The summed E-state index contributed by atoms with van der Waals surface area (Å²) < 4.78 is 26.2. The lowest BCUT2D eigenvalue weighted by molar-refractivity contribution is -0.131. The van der Waals surface area contributed by atoms with Crippen LogP contribution in [0.4, 0.5) is 8.78 Å². The molecule has 0 aliphatic heterocycles. The third-order valence-electron chi connectivity index (χ3n) is 1.70. The molecule has 4 heteroatoms. The van der Waals surface area contributed by atoms with E-state index >= 15 is 0 Å². The van der Waals surface area contributed by atoms with Crippen LogP contribution >= 0.6 is 0 Å². The first kappa shape index (κ1) is 10.4. The summed E-state index contributed by atoms with van der Waals surface area (Å²) in [5, 5.41) is 8.41. The Kier molecular flexibility index (Phi) is 2.96. The van der Waals surface area contributed by atoms with Crippen LogP contribution < -0.4 is 0 Å². The van der Waals surface area contributed by atoms with E-state index < -0.39 is 17.6 Å². The van der Waals surface area contributed by atoms with Crippen LogP contribution in [0.25, 0.3) is 5.57 Å². The fraction of sp³-hybridized carbons (Fsp3) is 0.100. The average molecular weight is 198 g/mol. The molecule has 1 aromatic rings. The number of carboxylic acids is 1. The lowest BCUT2D eigenvalue weighted by atomic mass is 10.1. The molecule has 0 heterocycles. The van der Waals surface area contributed by atoms with Gasteiger partial charge in [-0.15, -0.1) is 0 Å². The van der Waals surface area contributed by atoms with Crippen molar-refractivity contribution in [2.75, 3.05) is 0 Å². The topological polar surface area (TPSA) is 37.3 Å². The number of hydrogen-bond acceptors (Lipinski definition) is 1. The van der Waals surface area contributed by atoms with Crippen LogP contribution in [-0.4, -0.2) is 11.1 Å². The summed E-state index contributed by atoms with van der Waals surface area (Å²) in [6.07, 6.45) is 0.765. The molecule has 0 saturated carbocycles. The van der Waals surface area contributed by atoms with E-state index in [1.807, 2.05) is 0 Å². The summed E-state index contributed by atoms with van der Waals surface area (Å²) in [5.41, 5.74) is -0.247. The lowest BCUT2D eigenvalue weighted by Gasteiger charge is -2.03. The first-order chi connectivity index (χ1) is 6.52. The van der Waals surface area contributed by atoms with Gasteiger partial charge >= 0.3 is 5.97 Å². The Hall–Kier alpha value is -1.71. The third kappa shape index (κ3) is 2.16. The Morgan fingerprint density at radius 2 is 1.86 bits per heavy atom. The van der Waals surface area contributed by atoms with Crippen LogP contribution in [0.3, 0.4) is 0 Å². The van der Waals surface area contributed by atoms with Crippen LogP contribution in [0.1, 0.15) is 12.5 Å². The third-order valence-corrected chi connectivity index (χ3v) is 1.70. The minimum Gasteiger partial charge on any atom is -0.478 e. The summed E-state index contributed by atoms with van der Waals surface area (Å²) in [5.74, 6) is -2.76. The molecule has 74 valence electrons. The van der Waals surface area contributed by atoms with E-state index in [9.17, 15) is 13.6 Å². The van der Waals surface area contributed by atoms with Crippen LogP contribution in [-0.2, 0) is 4.79 Å². The molecule has 0 atom stereocenters. The van der Waals surface area contributed by atoms with E-state index in [0.717, 1.165) is 18.2 Å². The number of carbonyl (C=O) groups is 1. The summed E-state index contributed by atoms with van der Waals surface area (Å²) in [4.78, 5) is 10.3. The van der Waals surface area contributed by atoms with Crippen molar-refractivity contribution < 1.29 is 18.7 Å². The van der Waals surface area contributed by atoms with E-state index in [2.05, 4.69) is 0 Å². The molecule has 0 aliphatic carbocycles. The molecule has 0 radical (unpaired) electrons. The summed E-state index contributed by atoms with van der Waals surface area (Å²) in [6.45, 7) is 1.34. The highest BCUT2D eigenvalue weighted by molar-refractivity contribution is 5.89. The Bertz CT molecular complexity index is 377. The van der Waals surface area contributed by atoms with E-state index in [1.165, 1.54) is 13.0 Å². The van der Waals surface area contributed by atoms with Gasteiger partial charge in [-0.3, -0.25) is 0 Å². The van der Waals surface area contributed by atoms with E-state index in [0.29, 0.717) is 0 Å². The molecule has 0 bridgehead atoms. The maximum absolute atomic E-state index is 13.1. The van der Waals surface area contributed by atoms with Crippen LogP contribution in [0.15, 0.2) is 24.3 Å². The fourth-order valence-corrected chi connectivity index (χ4v) is 1.13. The number of rotatable bonds is 2. The van der Waals surface area contributed by atoms with Crippen LogP contribution in [0, 0.1) is 11.6 Å². The fourth-order valence-electron chi connectivity index (χ4n) is 1.13. The number of hydrogen-bond donors (Lipinski definition) is 1. The smallest absolute Gasteiger partial charge is 0.328 e. The minimum atomic E-state index is -1.23. The first-order valence-corrected chi connectivity index (χ1v) is 3.88. The molecule has 0 fully saturated rings. The maximum Gasteiger partial charge on any atom is 0.328 e. The molecule has 0 aliphatic rings. The van der Waals surface area contributed by atoms with E-state index in [1.54, 1.807) is 0 Å². The van der Waals surface area contributed by atoms with Gasteiger partial charge in [-0.05, 0) is 24.6 Å². The highest BCUT2D eigenvalue weighted by Gasteiger charge is 2.10. The number of carboxylic acid groups (broad SMARTS) is 1. The Morgan fingerprint density at radius 1 is 1.36 bits per heavy atom. The van der Waals surface area contributed by atoms with Gasteiger partial charge in [0.05, 0.1) is 0 Å². The first-order valence-electron chi connectivity index (χ1n) is 3.88. The van der Waals surface area contributed by atoms with Gasteiger partial charge < -0.3 is 5.11 Å².